The molecule has 8 heteroatoms. The van der Waals surface area contributed by atoms with Gasteiger partial charge in [-0.2, -0.15) is 0 Å². The molecule has 0 N–H and O–H groups in total. The highest BCUT2D eigenvalue weighted by Gasteiger charge is 2.32. The number of amides is 1. The van der Waals surface area contributed by atoms with E-state index in [1.165, 1.54) is 0 Å². The van der Waals surface area contributed by atoms with Gasteiger partial charge in [0.15, 0.2) is 5.65 Å². The summed E-state index contributed by atoms with van der Waals surface area (Å²) in [7, 11) is 0. The smallest absolute Gasteiger partial charge is 0.255 e. The maximum atomic E-state index is 13.0. The Morgan fingerprint density at radius 1 is 1.21 bits per heavy atom. The van der Waals surface area contributed by atoms with E-state index in [2.05, 4.69) is 19.9 Å². The van der Waals surface area contributed by atoms with Gasteiger partial charge >= 0.3 is 0 Å². The van der Waals surface area contributed by atoms with Crippen LogP contribution in [-0.4, -0.2) is 80.7 Å². The van der Waals surface area contributed by atoms with E-state index in [0.717, 1.165) is 43.0 Å². The fraction of sp³-hybridized carbons (Fsp3) is 0.400. The summed E-state index contributed by atoms with van der Waals surface area (Å²) in [5.74, 6) is 0.0152. The molecule has 0 aliphatic carbocycles. The number of imidazole rings is 1. The summed E-state index contributed by atoms with van der Waals surface area (Å²) in [5.41, 5.74) is 3.17. The average molecular weight is 378 g/mol. The van der Waals surface area contributed by atoms with E-state index in [4.69, 9.17) is 4.74 Å². The number of carbonyl (C=O) groups is 1. The Kier molecular flexibility index (Phi) is 4.50. The highest BCUT2D eigenvalue weighted by Crippen LogP contribution is 2.18. The number of carbonyl (C=O) groups excluding carboxylic acids is 1. The molecule has 3 aromatic rings. The first kappa shape index (κ1) is 17.3. The lowest BCUT2D eigenvalue weighted by Gasteiger charge is -2.43. The van der Waals surface area contributed by atoms with Crippen molar-refractivity contribution >= 4 is 17.1 Å². The van der Waals surface area contributed by atoms with Gasteiger partial charge in [0.25, 0.3) is 5.91 Å². The van der Waals surface area contributed by atoms with E-state index in [1.807, 2.05) is 33.9 Å². The molecule has 3 aromatic heterocycles. The molecule has 5 heterocycles. The van der Waals surface area contributed by atoms with E-state index in [0.29, 0.717) is 31.3 Å². The number of ether oxygens (including phenoxy) is 1. The third-order valence-electron chi connectivity index (χ3n) is 5.50. The number of pyridine rings is 2. The van der Waals surface area contributed by atoms with E-state index in [1.54, 1.807) is 18.7 Å². The molecule has 1 amide bonds. The Bertz CT molecular complexity index is 989. The van der Waals surface area contributed by atoms with Crippen molar-refractivity contribution in [1.29, 1.82) is 0 Å². The lowest BCUT2D eigenvalue weighted by molar-refractivity contribution is -0.0395. The normalized spacial score (nSPS) is 20.3. The maximum absolute atomic E-state index is 13.0. The van der Waals surface area contributed by atoms with Gasteiger partial charge in [0.1, 0.15) is 5.52 Å². The van der Waals surface area contributed by atoms with Crippen molar-refractivity contribution in [2.45, 2.75) is 12.6 Å². The molecule has 2 fully saturated rings. The first-order chi connectivity index (χ1) is 13.8. The van der Waals surface area contributed by atoms with Crippen molar-refractivity contribution in [2.24, 2.45) is 0 Å². The minimum absolute atomic E-state index is 0.0152. The van der Waals surface area contributed by atoms with E-state index >= 15 is 0 Å². The van der Waals surface area contributed by atoms with E-state index < -0.39 is 0 Å². The van der Waals surface area contributed by atoms with Crippen molar-refractivity contribution < 1.29 is 9.53 Å². The SMILES string of the molecule is O=C(c1cnc2c(c1)ncn2Cc1cccnc1)N1CCN2CCOCC2C1. The van der Waals surface area contributed by atoms with Gasteiger partial charge in [-0.15, -0.1) is 0 Å². The van der Waals surface area contributed by atoms with Gasteiger partial charge in [0, 0.05) is 44.8 Å². The summed E-state index contributed by atoms with van der Waals surface area (Å²) in [6.45, 7) is 5.42. The predicted octanol–water partition coefficient (Wildman–Crippen LogP) is 1.03. The number of rotatable bonds is 3. The highest BCUT2D eigenvalue weighted by atomic mass is 16.5. The molecule has 0 aromatic carbocycles. The lowest BCUT2D eigenvalue weighted by atomic mass is 10.1. The van der Waals surface area contributed by atoms with Crippen LogP contribution >= 0.6 is 0 Å². The number of aromatic nitrogens is 4. The van der Waals surface area contributed by atoms with E-state index in [-0.39, 0.29) is 5.91 Å². The van der Waals surface area contributed by atoms with Crippen LogP contribution in [-0.2, 0) is 11.3 Å². The number of nitrogens with zero attached hydrogens (tertiary/aromatic N) is 6. The fourth-order valence-electron chi connectivity index (χ4n) is 3.98. The zero-order valence-electron chi connectivity index (χ0n) is 15.6. The van der Waals surface area contributed by atoms with Crippen molar-refractivity contribution in [3.05, 3.63) is 54.2 Å². The molecule has 2 aliphatic rings. The summed E-state index contributed by atoms with van der Waals surface area (Å²) in [4.78, 5) is 30.4. The average Bonchev–Trinajstić information content (AvgIpc) is 3.15. The van der Waals surface area contributed by atoms with Crippen LogP contribution in [0.1, 0.15) is 15.9 Å². The molecule has 2 saturated heterocycles. The number of hydrogen-bond donors (Lipinski definition) is 0. The van der Waals surface area contributed by atoms with Crippen molar-refractivity contribution in [1.82, 2.24) is 29.3 Å². The Morgan fingerprint density at radius 3 is 3.07 bits per heavy atom. The Hall–Kier alpha value is -2.84. The van der Waals surface area contributed by atoms with Crippen LogP contribution < -0.4 is 0 Å². The van der Waals surface area contributed by atoms with Gasteiger partial charge in [0.2, 0.25) is 0 Å². The van der Waals surface area contributed by atoms with Crippen LogP contribution in [0.15, 0.2) is 43.1 Å². The maximum Gasteiger partial charge on any atom is 0.255 e. The molecule has 8 nitrogen and oxygen atoms in total. The molecule has 28 heavy (non-hydrogen) atoms. The summed E-state index contributed by atoms with van der Waals surface area (Å²) < 4.78 is 7.54. The second-order valence-corrected chi connectivity index (χ2v) is 7.32. The second-order valence-electron chi connectivity index (χ2n) is 7.32. The zero-order valence-corrected chi connectivity index (χ0v) is 15.6. The minimum atomic E-state index is 0.0152. The number of piperazine rings is 1. The molecule has 0 saturated carbocycles. The molecule has 2 aliphatic heterocycles. The second kappa shape index (κ2) is 7.29. The first-order valence-corrected chi connectivity index (χ1v) is 9.59. The van der Waals surface area contributed by atoms with Crippen LogP contribution in [0.2, 0.25) is 0 Å². The molecular formula is C20H22N6O2. The van der Waals surface area contributed by atoms with Crippen molar-refractivity contribution in [3.8, 4) is 0 Å². The van der Waals surface area contributed by atoms with Crippen LogP contribution in [0.3, 0.4) is 0 Å². The highest BCUT2D eigenvalue weighted by molar-refractivity contribution is 5.96. The van der Waals surface area contributed by atoms with E-state index in [9.17, 15) is 4.79 Å². The minimum Gasteiger partial charge on any atom is -0.378 e. The Morgan fingerprint density at radius 2 is 2.18 bits per heavy atom. The third-order valence-corrected chi connectivity index (χ3v) is 5.50. The van der Waals surface area contributed by atoms with Gasteiger partial charge in [-0.1, -0.05) is 6.07 Å². The summed E-state index contributed by atoms with van der Waals surface area (Å²) in [6.07, 6.45) is 7.01. The molecule has 1 atom stereocenters. The first-order valence-electron chi connectivity index (χ1n) is 9.59. The van der Waals surface area contributed by atoms with Crippen molar-refractivity contribution in [3.63, 3.8) is 0 Å². The van der Waals surface area contributed by atoms with Crippen LogP contribution in [0, 0.1) is 0 Å². The summed E-state index contributed by atoms with van der Waals surface area (Å²) >= 11 is 0. The third kappa shape index (κ3) is 3.25. The van der Waals surface area contributed by atoms with Gasteiger partial charge in [-0.25, -0.2) is 9.97 Å². The van der Waals surface area contributed by atoms with Crippen LogP contribution in [0.5, 0.6) is 0 Å². The summed E-state index contributed by atoms with van der Waals surface area (Å²) in [6, 6.07) is 6.07. The number of morpholine rings is 1. The molecule has 0 bridgehead atoms. The van der Waals surface area contributed by atoms with Gasteiger partial charge in [-0.3, -0.25) is 14.7 Å². The van der Waals surface area contributed by atoms with Crippen molar-refractivity contribution in [2.75, 3.05) is 39.4 Å². The summed E-state index contributed by atoms with van der Waals surface area (Å²) in [5, 5.41) is 0. The fourth-order valence-corrected chi connectivity index (χ4v) is 3.98. The van der Waals surface area contributed by atoms with Gasteiger partial charge < -0.3 is 14.2 Å². The molecule has 5 rings (SSSR count). The molecule has 144 valence electrons. The standard InChI is InChI=1S/C20H22N6O2/c27-20(25-5-4-24-6-7-28-13-17(24)12-25)16-8-18-19(22-10-16)26(14-23-18)11-15-2-1-3-21-9-15/h1-3,8-10,14,17H,4-7,11-13H2. The van der Waals surface area contributed by atoms with Crippen LogP contribution in [0.4, 0.5) is 0 Å². The van der Waals surface area contributed by atoms with Gasteiger partial charge in [-0.05, 0) is 17.7 Å². The quantitative estimate of drug-likeness (QED) is 0.678. The molecule has 0 radical (unpaired) electrons. The monoisotopic (exact) mass is 378 g/mol. The predicted molar refractivity (Wildman–Crippen MR) is 103 cm³/mol. The largest absolute Gasteiger partial charge is 0.378 e. The molecular weight excluding hydrogens is 356 g/mol. The van der Waals surface area contributed by atoms with Crippen LogP contribution in [0.25, 0.3) is 11.2 Å². The van der Waals surface area contributed by atoms with Gasteiger partial charge in [0.05, 0.1) is 37.7 Å². The lowest BCUT2D eigenvalue weighted by Crippen LogP contribution is -2.59. The number of hydrogen-bond acceptors (Lipinski definition) is 6. The molecule has 0 spiro atoms. The molecule has 1 unspecified atom stereocenters. The topological polar surface area (TPSA) is 76.4 Å². The number of fused-ring (bicyclic) bond motifs is 2. The Labute approximate surface area is 162 Å². The zero-order chi connectivity index (χ0) is 18.9. The Balaban J connectivity index is 1.34.